The highest BCUT2D eigenvalue weighted by molar-refractivity contribution is 6.00. The highest BCUT2D eigenvalue weighted by Crippen LogP contribution is 2.33. The number of rotatable bonds is 6. The monoisotopic (exact) mass is 497 g/mol. The van der Waals surface area contributed by atoms with Gasteiger partial charge in [0, 0.05) is 30.2 Å². The van der Waals surface area contributed by atoms with Gasteiger partial charge in [-0.2, -0.15) is 27.9 Å². The molecule has 4 rings (SSSR count). The minimum atomic E-state index is -4.52. The van der Waals surface area contributed by atoms with Gasteiger partial charge in [-0.05, 0) is 49.2 Å². The lowest BCUT2D eigenvalue weighted by Gasteiger charge is -2.14. The Bertz CT molecular complexity index is 1400. The Kier molecular flexibility index (Phi) is 6.72. The average Bonchev–Trinajstić information content (AvgIpc) is 3.30. The molecule has 2 amide bonds. The third-order valence-corrected chi connectivity index (χ3v) is 5.22. The number of nitrogens with zero attached hydrogens (tertiary/aromatic N) is 5. The number of hydrogen-bond acceptors (Lipinski definition) is 7. The Labute approximate surface area is 204 Å². The average molecular weight is 497 g/mol. The lowest BCUT2D eigenvalue weighted by molar-refractivity contribution is -0.138. The minimum Gasteiger partial charge on any atom is -0.373 e. The van der Waals surface area contributed by atoms with Gasteiger partial charge in [-0.1, -0.05) is 12.1 Å². The number of benzene rings is 2. The lowest BCUT2D eigenvalue weighted by atomic mass is 10.1. The summed E-state index contributed by atoms with van der Waals surface area (Å²) < 4.78 is 41.0. The minimum absolute atomic E-state index is 0.0229. The van der Waals surface area contributed by atoms with Gasteiger partial charge in [-0.25, -0.2) is 14.8 Å². The molecule has 0 unspecified atom stereocenters. The van der Waals surface area contributed by atoms with E-state index in [-0.39, 0.29) is 11.3 Å². The van der Waals surface area contributed by atoms with E-state index in [2.05, 4.69) is 41.3 Å². The number of hydrogen-bond donors (Lipinski definition) is 4. The fraction of sp³-hybridized carbons (Fsp3) is 0.174. The standard InChI is InChI=1S/C23H22F3N9O/c1-13-4-6-15(8-17(13)23(24,25)26)32-22(36)33-16-7-5-14(2)18(9-16)34-21-30-12-31-35(21)20-10-19(27-3)28-11-29-20/h4-12H,1-3H3,(H,27,28,29)(H,30,31,34)(H2,32,33,36). The van der Waals surface area contributed by atoms with Crippen molar-refractivity contribution in [3.63, 3.8) is 0 Å². The molecule has 0 aliphatic carbocycles. The van der Waals surface area contributed by atoms with Crippen molar-refractivity contribution in [1.82, 2.24) is 24.7 Å². The second kappa shape index (κ2) is 9.90. The Balaban J connectivity index is 1.50. The molecule has 36 heavy (non-hydrogen) atoms. The molecule has 2 aromatic carbocycles. The molecule has 2 aromatic heterocycles. The molecular weight excluding hydrogens is 475 g/mol. The number of nitrogens with one attached hydrogen (secondary N) is 4. The van der Waals surface area contributed by atoms with Crippen molar-refractivity contribution in [2.45, 2.75) is 20.0 Å². The van der Waals surface area contributed by atoms with Crippen molar-refractivity contribution >= 4 is 34.9 Å². The van der Waals surface area contributed by atoms with Crippen LogP contribution < -0.4 is 21.3 Å². The summed E-state index contributed by atoms with van der Waals surface area (Å²) in [6.45, 7) is 3.22. The van der Waals surface area contributed by atoms with Crippen LogP contribution in [0.1, 0.15) is 16.7 Å². The van der Waals surface area contributed by atoms with Crippen LogP contribution in [-0.4, -0.2) is 37.8 Å². The second-order valence-electron chi connectivity index (χ2n) is 7.77. The van der Waals surface area contributed by atoms with Crippen LogP contribution in [0.4, 0.5) is 46.8 Å². The van der Waals surface area contributed by atoms with E-state index in [4.69, 9.17) is 0 Å². The Hall–Kier alpha value is -4.68. The van der Waals surface area contributed by atoms with Crippen LogP contribution in [0.5, 0.6) is 0 Å². The molecule has 4 N–H and O–H groups in total. The fourth-order valence-corrected chi connectivity index (χ4v) is 3.35. The van der Waals surface area contributed by atoms with Gasteiger partial charge < -0.3 is 21.3 Å². The molecule has 0 fully saturated rings. The van der Waals surface area contributed by atoms with Crippen molar-refractivity contribution in [2.75, 3.05) is 28.3 Å². The van der Waals surface area contributed by atoms with Crippen LogP contribution in [0.2, 0.25) is 0 Å². The number of aryl methyl sites for hydroxylation is 2. The van der Waals surface area contributed by atoms with Crippen LogP contribution >= 0.6 is 0 Å². The van der Waals surface area contributed by atoms with E-state index in [1.165, 1.54) is 36.4 Å². The molecular formula is C23H22F3N9O. The van der Waals surface area contributed by atoms with E-state index >= 15 is 0 Å². The summed E-state index contributed by atoms with van der Waals surface area (Å²) in [5, 5.41) is 15.4. The Morgan fingerprint density at radius 2 is 1.58 bits per heavy atom. The number of amides is 2. The zero-order valence-corrected chi connectivity index (χ0v) is 19.5. The molecule has 2 heterocycles. The van der Waals surface area contributed by atoms with Crippen LogP contribution in [0.15, 0.2) is 55.1 Å². The van der Waals surface area contributed by atoms with E-state index in [1.54, 1.807) is 31.3 Å². The fourth-order valence-electron chi connectivity index (χ4n) is 3.35. The summed E-state index contributed by atoms with van der Waals surface area (Å²) in [5.41, 5.74) is 1.17. The summed E-state index contributed by atoms with van der Waals surface area (Å²) in [6.07, 6.45) is -1.76. The van der Waals surface area contributed by atoms with Gasteiger partial charge in [-0.3, -0.25) is 0 Å². The first kappa shape index (κ1) is 24.4. The normalized spacial score (nSPS) is 11.2. The topological polar surface area (TPSA) is 122 Å². The lowest BCUT2D eigenvalue weighted by Crippen LogP contribution is -2.20. The Morgan fingerprint density at radius 3 is 2.28 bits per heavy atom. The first-order chi connectivity index (χ1) is 17.1. The molecule has 0 saturated carbocycles. The maximum absolute atomic E-state index is 13.2. The van der Waals surface area contributed by atoms with E-state index in [0.29, 0.717) is 29.0 Å². The highest BCUT2D eigenvalue weighted by atomic mass is 19.4. The van der Waals surface area contributed by atoms with E-state index < -0.39 is 17.8 Å². The maximum Gasteiger partial charge on any atom is 0.416 e. The molecule has 4 aromatic rings. The predicted octanol–water partition coefficient (Wildman–Crippen LogP) is 5.12. The molecule has 0 aliphatic heterocycles. The summed E-state index contributed by atoms with van der Waals surface area (Å²) in [5.74, 6) is 1.46. The molecule has 0 spiro atoms. The molecule has 10 nitrogen and oxygen atoms in total. The van der Waals surface area contributed by atoms with Crippen molar-refractivity contribution in [3.8, 4) is 5.82 Å². The maximum atomic E-state index is 13.2. The summed E-state index contributed by atoms with van der Waals surface area (Å²) in [4.78, 5) is 25.0. The number of carbonyl (C=O) groups excluding carboxylic acids is 1. The third-order valence-electron chi connectivity index (χ3n) is 5.22. The quantitative estimate of drug-likeness (QED) is 0.292. The van der Waals surface area contributed by atoms with Gasteiger partial charge in [0.25, 0.3) is 0 Å². The van der Waals surface area contributed by atoms with Gasteiger partial charge >= 0.3 is 12.2 Å². The van der Waals surface area contributed by atoms with Gasteiger partial charge in [0.15, 0.2) is 5.82 Å². The highest BCUT2D eigenvalue weighted by Gasteiger charge is 2.32. The summed E-state index contributed by atoms with van der Waals surface area (Å²) in [6, 6.07) is 9.74. The number of aromatic nitrogens is 5. The van der Waals surface area contributed by atoms with Crippen LogP contribution in [0.3, 0.4) is 0 Å². The molecule has 0 saturated heterocycles. The molecule has 0 atom stereocenters. The SMILES string of the molecule is CNc1cc(-n2ncnc2Nc2cc(NC(=O)Nc3ccc(C)c(C(F)(F)F)c3)ccc2C)ncn1. The predicted molar refractivity (Wildman–Crippen MR) is 130 cm³/mol. The molecule has 0 bridgehead atoms. The van der Waals surface area contributed by atoms with E-state index in [9.17, 15) is 18.0 Å². The first-order valence-corrected chi connectivity index (χ1v) is 10.7. The van der Waals surface area contributed by atoms with Crippen molar-refractivity contribution < 1.29 is 18.0 Å². The largest absolute Gasteiger partial charge is 0.416 e. The zero-order chi connectivity index (χ0) is 25.9. The smallest absolute Gasteiger partial charge is 0.373 e. The number of urea groups is 1. The van der Waals surface area contributed by atoms with Gasteiger partial charge in [0.1, 0.15) is 18.5 Å². The molecule has 186 valence electrons. The third kappa shape index (κ3) is 5.51. The van der Waals surface area contributed by atoms with Crippen LogP contribution in [-0.2, 0) is 6.18 Å². The second-order valence-corrected chi connectivity index (χ2v) is 7.77. The first-order valence-electron chi connectivity index (χ1n) is 10.7. The zero-order valence-electron chi connectivity index (χ0n) is 19.5. The van der Waals surface area contributed by atoms with Gasteiger partial charge in [0.05, 0.1) is 5.56 Å². The van der Waals surface area contributed by atoms with E-state index in [1.807, 2.05) is 6.92 Å². The van der Waals surface area contributed by atoms with Crippen molar-refractivity contribution in [3.05, 3.63) is 71.8 Å². The molecule has 0 aliphatic rings. The number of halogens is 3. The van der Waals surface area contributed by atoms with E-state index in [0.717, 1.165) is 11.6 Å². The summed E-state index contributed by atoms with van der Waals surface area (Å²) in [7, 11) is 1.73. The number of carbonyl (C=O) groups is 1. The van der Waals surface area contributed by atoms with Gasteiger partial charge in [-0.15, -0.1) is 0 Å². The molecule has 13 heteroatoms. The van der Waals surface area contributed by atoms with Crippen molar-refractivity contribution in [2.24, 2.45) is 0 Å². The number of alkyl halides is 3. The number of anilines is 5. The summed E-state index contributed by atoms with van der Waals surface area (Å²) >= 11 is 0. The van der Waals surface area contributed by atoms with Crippen molar-refractivity contribution in [1.29, 1.82) is 0 Å². The van der Waals surface area contributed by atoms with Crippen LogP contribution in [0, 0.1) is 13.8 Å². The van der Waals surface area contributed by atoms with Gasteiger partial charge in [0.2, 0.25) is 5.95 Å². The Morgan fingerprint density at radius 1 is 0.889 bits per heavy atom. The molecule has 0 radical (unpaired) electrons. The van der Waals surface area contributed by atoms with Crippen LogP contribution in [0.25, 0.3) is 5.82 Å².